The molecule has 2 aromatic rings. The lowest BCUT2D eigenvalue weighted by atomic mass is 10.2. The van der Waals surface area contributed by atoms with Crippen molar-refractivity contribution in [3.63, 3.8) is 0 Å². The van der Waals surface area contributed by atoms with E-state index in [9.17, 15) is 23.3 Å². The quantitative estimate of drug-likeness (QED) is 0.455. The number of anilines is 1. The van der Waals surface area contributed by atoms with Gasteiger partial charge in [0, 0.05) is 30.2 Å². The summed E-state index contributed by atoms with van der Waals surface area (Å²) in [5.41, 5.74) is 0.734. The topological polar surface area (TPSA) is 119 Å². The maximum Gasteiger partial charge on any atom is 0.271 e. The van der Waals surface area contributed by atoms with Crippen molar-refractivity contribution in [1.29, 1.82) is 0 Å². The molecule has 11 heteroatoms. The van der Waals surface area contributed by atoms with E-state index in [4.69, 9.17) is 16.3 Å². The van der Waals surface area contributed by atoms with E-state index in [1.807, 2.05) is 0 Å². The fourth-order valence-corrected chi connectivity index (χ4v) is 4.55. The van der Waals surface area contributed by atoms with Crippen molar-refractivity contribution in [2.24, 2.45) is 0 Å². The second kappa shape index (κ2) is 9.88. The van der Waals surface area contributed by atoms with Crippen LogP contribution in [0, 0.1) is 17.0 Å². The highest BCUT2D eigenvalue weighted by atomic mass is 35.5. The zero-order valence-corrected chi connectivity index (χ0v) is 18.3. The molecular formula is C19H22ClN3O6S. The van der Waals surface area contributed by atoms with Gasteiger partial charge in [-0.1, -0.05) is 31.5 Å². The van der Waals surface area contributed by atoms with E-state index in [1.54, 1.807) is 20.8 Å². The summed E-state index contributed by atoms with van der Waals surface area (Å²) in [5.74, 6) is -0.614. The summed E-state index contributed by atoms with van der Waals surface area (Å²) in [4.78, 5) is 22.5. The van der Waals surface area contributed by atoms with Crippen molar-refractivity contribution in [2.45, 2.75) is 25.7 Å². The molecule has 30 heavy (non-hydrogen) atoms. The number of hydrogen-bond donors (Lipinski definition) is 1. The third kappa shape index (κ3) is 5.47. The fraction of sp³-hybridized carbons (Fsp3) is 0.316. The molecule has 0 aliphatic carbocycles. The summed E-state index contributed by atoms with van der Waals surface area (Å²) in [5, 5.41) is 13.7. The van der Waals surface area contributed by atoms with Crippen LogP contribution >= 0.6 is 11.6 Å². The highest BCUT2D eigenvalue weighted by Crippen LogP contribution is 2.30. The first-order valence-electron chi connectivity index (χ1n) is 9.07. The molecule has 1 N–H and O–H groups in total. The van der Waals surface area contributed by atoms with Crippen molar-refractivity contribution >= 4 is 38.9 Å². The predicted molar refractivity (Wildman–Crippen MR) is 114 cm³/mol. The monoisotopic (exact) mass is 455 g/mol. The van der Waals surface area contributed by atoms with Gasteiger partial charge in [-0.3, -0.25) is 14.9 Å². The number of non-ortho nitro benzene ring substituents is 1. The summed E-state index contributed by atoms with van der Waals surface area (Å²) in [6.45, 7) is 5.13. The molecule has 2 aromatic carbocycles. The van der Waals surface area contributed by atoms with Gasteiger partial charge in [0.2, 0.25) is 10.0 Å². The van der Waals surface area contributed by atoms with Crippen molar-refractivity contribution in [2.75, 3.05) is 25.0 Å². The SMILES string of the molecule is CCN(CC)S(=O)(=O)c1cc(Cl)ccc1OCC(=O)Nc1cc([N+](=O)[O-])ccc1C. The van der Waals surface area contributed by atoms with Crippen LogP contribution < -0.4 is 10.1 Å². The minimum Gasteiger partial charge on any atom is -0.482 e. The number of nitro groups is 1. The van der Waals surface area contributed by atoms with E-state index in [0.717, 1.165) is 0 Å². The Balaban J connectivity index is 2.21. The summed E-state index contributed by atoms with van der Waals surface area (Å²) >= 11 is 5.97. The molecule has 2 rings (SSSR count). The molecule has 0 aliphatic rings. The Morgan fingerprint density at radius 3 is 2.47 bits per heavy atom. The van der Waals surface area contributed by atoms with Crippen LogP contribution in [0.5, 0.6) is 5.75 Å². The standard InChI is InChI=1S/C19H22ClN3O6S/c1-4-22(5-2)30(27,28)18-10-14(20)7-9-17(18)29-12-19(24)21-16-11-15(23(25)26)8-6-13(16)3/h6-11H,4-5,12H2,1-3H3,(H,21,24). The second-order valence-corrected chi connectivity index (χ2v) is 8.62. The van der Waals surface area contributed by atoms with E-state index >= 15 is 0 Å². The maximum absolute atomic E-state index is 12.9. The van der Waals surface area contributed by atoms with Crippen molar-refractivity contribution < 1.29 is 22.9 Å². The van der Waals surface area contributed by atoms with E-state index in [0.29, 0.717) is 5.56 Å². The van der Waals surface area contributed by atoms with Gasteiger partial charge in [0.1, 0.15) is 10.6 Å². The van der Waals surface area contributed by atoms with Gasteiger partial charge in [0.25, 0.3) is 11.6 Å². The molecule has 0 saturated carbocycles. The number of halogens is 1. The lowest BCUT2D eigenvalue weighted by molar-refractivity contribution is -0.384. The number of benzene rings is 2. The highest BCUT2D eigenvalue weighted by Gasteiger charge is 2.26. The minimum absolute atomic E-state index is 0.0165. The van der Waals surface area contributed by atoms with Gasteiger partial charge >= 0.3 is 0 Å². The maximum atomic E-state index is 12.9. The molecule has 0 spiro atoms. The van der Waals surface area contributed by atoms with Crippen LogP contribution in [0.25, 0.3) is 0 Å². The molecule has 0 heterocycles. The first kappa shape index (κ1) is 23.6. The van der Waals surface area contributed by atoms with Crippen molar-refractivity contribution in [3.05, 3.63) is 57.1 Å². The fourth-order valence-electron chi connectivity index (χ4n) is 2.69. The smallest absolute Gasteiger partial charge is 0.271 e. The molecule has 0 aliphatic heterocycles. The molecule has 0 unspecified atom stereocenters. The normalized spacial score (nSPS) is 11.4. The first-order valence-corrected chi connectivity index (χ1v) is 10.9. The third-order valence-corrected chi connectivity index (χ3v) is 6.60. The van der Waals surface area contributed by atoms with E-state index in [1.165, 1.54) is 40.7 Å². The zero-order valence-electron chi connectivity index (χ0n) is 16.7. The van der Waals surface area contributed by atoms with Gasteiger partial charge < -0.3 is 10.1 Å². The Morgan fingerprint density at radius 2 is 1.87 bits per heavy atom. The van der Waals surface area contributed by atoms with Crippen LogP contribution in [-0.2, 0) is 14.8 Å². The largest absolute Gasteiger partial charge is 0.482 e. The van der Waals surface area contributed by atoms with Gasteiger partial charge in [-0.05, 0) is 30.7 Å². The molecular weight excluding hydrogens is 434 g/mol. The molecule has 1 amide bonds. The number of nitrogens with one attached hydrogen (secondary N) is 1. The lowest BCUT2D eigenvalue weighted by Crippen LogP contribution is -2.31. The number of carbonyl (C=O) groups is 1. The Morgan fingerprint density at radius 1 is 1.20 bits per heavy atom. The summed E-state index contributed by atoms with van der Waals surface area (Å²) in [7, 11) is -3.87. The molecule has 0 radical (unpaired) electrons. The van der Waals surface area contributed by atoms with Crippen LogP contribution in [0.4, 0.5) is 11.4 Å². The number of rotatable bonds is 9. The average molecular weight is 456 g/mol. The minimum atomic E-state index is -3.87. The third-order valence-electron chi connectivity index (χ3n) is 4.29. The van der Waals surface area contributed by atoms with E-state index in [2.05, 4.69) is 5.32 Å². The Kier molecular flexibility index (Phi) is 7.77. The van der Waals surface area contributed by atoms with Crippen LogP contribution in [0.1, 0.15) is 19.4 Å². The van der Waals surface area contributed by atoms with Crippen molar-refractivity contribution in [3.8, 4) is 5.75 Å². The molecule has 0 bridgehead atoms. The summed E-state index contributed by atoms with van der Waals surface area (Å²) in [6, 6.07) is 8.20. The number of aryl methyl sites for hydroxylation is 1. The molecule has 9 nitrogen and oxygen atoms in total. The molecule has 0 fully saturated rings. The van der Waals surface area contributed by atoms with Crippen LogP contribution in [0.2, 0.25) is 5.02 Å². The van der Waals surface area contributed by atoms with Crippen LogP contribution in [-0.4, -0.2) is 43.2 Å². The predicted octanol–water partition coefficient (Wildman–Crippen LogP) is 3.60. The number of nitro benzene ring substituents is 1. The number of hydrogen-bond acceptors (Lipinski definition) is 6. The van der Waals surface area contributed by atoms with Gasteiger partial charge in [-0.15, -0.1) is 0 Å². The number of nitrogens with zero attached hydrogens (tertiary/aromatic N) is 2. The van der Waals surface area contributed by atoms with E-state index in [-0.39, 0.29) is 40.1 Å². The van der Waals surface area contributed by atoms with Crippen molar-refractivity contribution in [1.82, 2.24) is 4.31 Å². The number of carbonyl (C=O) groups excluding carboxylic acids is 1. The number of sulfonamides is 1. The second-order valence-electron chi connectivity index (χ2n) is 6.27. The Labute approximate surface area is 179 Å². The summed E-state index contributed by atoms with van der Waals surface area (Å²) < 4.78 is 32.5. The number of ether oxygens (including phenoxy) is 1. The molecule has 0 atom stereocenters. The zero-order chi connectivity index (χ0) is 22.5. The molecule has 162 valence electrons. The van der Waals surface area contributed by atoms with Gasteiger partial charge in [-0.2, -0.15) is 4.31 Å². The Bertz CT molecular complexity index is 1050. The Hall–Kier alpha value is -2.69. The number of amides is 1. The first-order chi connectivity index (χ1) is 14.1. The van der Waals surface area contributed by atoms with Gasteiger partial charge in [-0.25, -0.2) is 8.42 Å². The molecule has 0 saturated heterocycles. The lowest BCUT2D eigenvalue weighted by Gasteiger charge is -2.20. The summed E-state index contributed by atoms with van der Waals surface area (Å²) in [6.07, 6.45) is 0. The van der Waals surface area contributed by atoms with Gasteiger partial charge in [0.05, 0.1) is 10.6 Å². The van der Waals surface area contributed by atoms with Crippen LogP contribution in [0.3, 0.4) is 0 Å². The average Bonchev–Trinajstić information content (AvgIpc) is 2.69. The van der Waals surface area contributed by atoms with E-state index < -0.39 is 27.5 Å². The van der Waals surface area contributed by atoms with Crippen LogP contribution in [0.15, 0.2) is 41.3 Å². The molecule has 0 aromatic heterocycles. The highest BCUT2D eigenvalue weighted by molar-refractivity contribution is 7.89. The van der Waals surface area contributed by atoms with Gasteiger partial charge in [0.15, 0.2) is 6.61 Å².